The first kappa shape index (κ1) is 20.5. The van der Waals surface area contributed by atoms with Gasteiger partial charge < -0.3 is 0 Å². The number of rotatable bonds is 12. The van der Waals surface area contributed by atoms with Crippen molar-refractivity contribution >= 4 is 0 Å². The summed E-state index contributed by atoms with van der Waals surface area (Å²) in [6.45, 7) is 4.58. The summed E-state index contributed by atoms with van der Waals surface area (Å²) in [5.41, 5.74) is 3.07. The Morgan fingerprint density at radius 1 is 0.600 bits per heavy atom. The summed E-state index contributed by atoms with van der Waals surface area (Å²) in [5, 5.41) is 0. The molecule has 0 unspecified atom stereocenters. The molecule has 2 rings (SSSR count). The number of benzene rings is 1. The van der Waals surface area contributed by atoms with Gasteiger partial charge in [0.15, 0.2) is 0 Å². The van der Waals surface area contributed by atoms with Crippen molar-refractivity contribution in [1.82, 2.24) is 0 Å². The number of unbranched alkanes of at least 4 members (excludes halogenated alkanes) is 5. The van der Waals surface area contributed by atoms with E-state index in [9.17, 15) is 0 Å². The highest BCUT2D eigenvalue weighted by molar-refractivity contribution is 5.22. The van der Waals surface area contributed by atoms with Crippen LogP contribution in [0.2, 0.25) is 0 Å². The van der Waals surface area contributed by atoms with Crippen LogP contribution in [0.4, 0.5) is 0 Å². The Bertz CT molecular complexity index is 422. The fraction of sp³-hybridized carbons (Fsp3) is 0.760. The van der Waals surface area contributed by atoms with Crippen LogP contribution in [0.15, 0.2) is 24.3 Å². The predicted octanol–water partition coefficient (Wildman–Crippen LogP) is 8.13. The smallest absolute Gasteiger partial charge is 0.0276 e. The summed E-state index contributed by atoms with van der Waals surface area (Å²) in [7, 11) is 0. The molecule has 1 fully saturated rings. The van der Waals surface area contributed by atoms with Gasteiger partial charge in [0.05, 0.1) is 0 Å². The maximum Gasteiger partial charge on any atom is -0.0276 e. The molecular formula is C25H42. The molecule has 142 valence electrons. The summed E-state index contributed by atoms with van der Waals surface area (Å²) in [6.07, 6.45) is 21.3. The molecule has 0 aromatic heterocycles. The summed E-state index contributed by atoms with van der Waals surface area (Å²) in [4.78, 5) is 0. The highest BCUT2D eigenvalue weighted by Crippen LogP contribution is 2.34. The maximum atomic E-state index is 2.38. The van der Waals surface area contributed by atoms with Crippen molar-refractivity contribution < 1.29 is 0 Å². The second-order valence-corrected chi connectivity index (χ2v) is 8.55. The second kappa shape index (κ2) is 12.6. The van der Waals surface area contributed by atoms with E-state index >= 15 is 0 Å². The Balaban J connectivity index is 1.57. The van der Waals surface area contributed by atoms with Gasteiger partial charge in [-0.2, -0.15) is 0 Å². The van der Waals surface area contributed by atoms with Gasteiger partial charge in [-0.25, -0.2) is 0 Å². The van der Waals surface area contributed by atoms with Gasteiger partial charge in [-0.05, 0) is 48.6 Å². The zero-order chi connectivity index (χ0) is 17.7. The van der Waals surface area contributed by atoms with Gasteiger partial charge in [0.2, 0.25) is 0 Å². The molecule has 1 aliphatic rings. The van der Waals surface area contributed by atoms with E-state index < -0.39 is 0 Å². The van der Waals surface area contributed by atoms with Crippen LogP contribution in [-0.4, -0.2) is 0 Å². The van der Waals surface area contributed by atoms with Crippen molar-refractivity contribution in [3.8, 4) is 0 Å². The van der Waals surface area contributed by atoms with E-state index in [0.717, 1.165) is 11.8 Å². The zero-order valence-electron chi connectivity index (χ0n) is 17.1. The molecule has 0 heterocycles. The van der Waals surface area contributed by atoms with Crippen LogP contribution in [0.5, 0.6) is 0 Å². The van der Waals surface area contributed by atoms with Gasteiger partial charge >= 0.3 is 0 Å². The van der Waals surface area contributed by atoms with Crippen molar-refractivity contribution in [2.24, 2.45) is 11.8 Å². The van der Waals surface area contributed by atoms with Gasteiger partial charge in [-0.15, -0.1) is 0 Å². The van der Waals surface area contributed by atoms with Crippen LogP contribution in [0, 0.1) is 11.8 Å². The van der Waals surface area contributed by atoms with E-state index in [0.29, 0.717) is 0 Å². The molecule has 0 saturated heterocycles. The van der Waals surface area contributed by atoms with Crippen LogP contribution in [0.3, 0.4) is 0 Å². The van der Waals surface area contributed by atoms with E-state index in [-0.39, 0.29) is 0 Å². The Hall–Kier alpha value is -0.780. The van der Waals surface area contributed by atoms with Crippen molar-refractivity contribution in [1.29, 1.82) is 0 Å². The average Bonchev–Trinajstić information content (AvgIpc) is 2.66. The van der Waals surface area contributed by atoms with Gasteiger partial charge in [0.25, 0.3) is 0 Å². The minimum atomic E-state index is 0.996. The lowest BCUT2D eigenvalue weighted by Gasteiger charge is -2.28. The van der Waals surface area contributed by atoms with Crippen molar-refractivity contribution in [2.45, 2.75) is 110 Å². The number of hydrogen-bond acceptors (Lipinski definition) is 0. The zero-order valence-corrected chi connectivity index (χ0v) is 17.1. The molecule has 0 atom stereocenters. The van der Waals surface area contributed by atoms with Crippen molar-refractivity contribution in [3.05, 3.63) is 35.4 Å². The van der Waals surface area contributed by atoms with Crippen LogP contribution in [0.25, 0.3) is 0 Å². The summed E-state index contributed by atoms with van der Waals surface area (Å²) < 4.78 is 0. The van der Waals surface area contributed by atoms with E-state index in [1.165, 1.54) is 102 Å². The first-order valence-electron chi connectivity index (χ1n) is 11.4. The largest absolute Gasteiger partial charge is 0.0654 e. The minimum absolute atomic E-state index is 0.996. The molecule has 25 heavy (non-hydrogen) atoms. The molecular weight excluding hydrogens is 300 g/mol. The van der Waals surface area contributed by atoms with E-state index in [1.807, 2.05) is 0 Å². The molecule has 1 aliphatic carbocycles. The lowest BCUT2D eigenvalue weighted by Crippen LogP contribution is -2.15. The molecule has 0 radical (unpaired) electrons. The molecule has 0 spiro atoms. The molecule has 0 bridgehead atoms. The summed E-state index contributed by atoms with van der Waals surface area (Å²) in [5.74, 6) is 2.05. The normalized spacial score (nSPS) is 20.7. The van der Waals surface area contributed by atoms with Gasteiger partial charge in [0, 0.05) is 0 Å². The van der Waals surface area contributed by atoms with Gasteiger partial charge in [-0.3, -0.25) is 0 Å². The Kier molecular flexibility index (Phi) is 10.3. The summed E-state index contributed by atoms with van der Waals surface area (Å²) >= 11 is 0. The molecule has 0 amide bonds. The van der Waals surface area contributed by atoms with Crippen molar-refractivity contribution in [3.63, 3.8) is 0 Å². The minimum Gasteiger partial charge on any atom is -0.0654 e. The molecule has 1 aromatic carbocycles. The molecule has 0 N–H and O–H groups in total. The molecule has 0 nitrogen and oxygen atoms in total. The monoisotopic (exact) mass is 342 g/mol. The third-order valence-electron chi connectivity index (χ3n) is 6.37. The first-order valence-corrected chi connectivity index (χ1v) is 11.4. The van der Waals surface area contributed by atoms with Crippen LogP contribution in [0.1, 0.15) is 108 Å². The standard InChI is InChI=1S/C25H42/c1-3-5-7-8-9-11-23-14-18-25(19-15-23)21-20-24-16-12-22(13-17-24)10-6-4-2/h12-13,16-17,23,25H,3-11,14-15,18-21H2,1-2H3/t23-,25-. The Morgan fingerprint density at radius 2 is 1.12 bits per heavy atom. The Labute approximate surface area is 157 Å². The first-order chi connectivity index (χ1) is 12.3. The lowest BCUT2D eigenvalue weighted by atomic mass is 9.77. The molecule has 1 saturated carbocycles. The van der Waals surface area contributed by atoms with Crippen LogP contribution < -0.4 is 0 Å². The van der Waals surface area contributed by atoms with Gasteiger partial charge in [0.1, 0.15) is 0 Å². The topological polar surface area (TPSA) is 0 Å². The van der Waals surface area contributed by atoms with E-state index in [1.54, 1.807) is 5.56 Å². The quantitative estimate of drug-likeness (QED) is 0.336. The third-order valence-corrected chi connectivity index (χ3v) is 6.37. The SMILES string of the molecule is CCCCCCC[C@H]1CC[C@H](CCc2ccc(CCCC)cc2)CC1. The second-order valence-electron chi connectivity index (χ2n) is 8.55. The molecule has 0 aliphatic heterocycles. The average molecular weight is 343 g/mol. The van der Waals surface area contributed by atoms with Gasteiger partial charge in [-0.1, -0.05) is 109 Å². The summed E-state index contributed by atoms with van der Waals surface area (Å²) in [6, 6.07) is 9.49. The predicted molar refractivity (Wildman–Crippen MR) is 112 cm³/mol. The fourth-order valence-electron chi connectivity index (χ4n) is 4.47. The van der Waals surface area contributed by atoms with E-state index in [2.05, 4.69) is 38.1 Å². The highest BCUT2D eigenvalue weighted by atomic mass is 14.3. The maximum absolute atomic E-state index is 2.38. The Morgan fingerprint density at radius 3 is 1.72 bits per heavy atom. The van der Waals surface area contributed by atoms with Crippen LogP contribution >= 0.6 is 0 Å². The lowest BCUT2D eigenvalue weighted by molar-refractivity contribution is 0.248. The van der Waals surface area contributed by atoms with Crippen molar-refractivity contribution in [2.75, 3.05) is 0 Å². The van der Waals surface area contributed by atoms with E-state index in [4.69, 9.17) is 0 Å². The highest BCUT2D eigenvalue weighted by Gasteiger charge is 2.20. The molecule has 1 aromatic rings. The molecule has 0 heteroatoms. The number of aryl methyl sites for hydroxylation is 2. The van der Waals surface area contributed by atoms with Crippen LogP contribution in [-0.2, 0) is 12.8 Å². The number of hydrogen-bond donors (Lipinski definition) is 0. The fourth-order valence-corrected chi connectivity index (χ4v) is 4.47. The third kappa shape index (κ3) is 8.43.